The summed E-state index contributed by atoms with van der Waals surface area (Å²) >= 11 is 0. The molecule has 34 heavy (non-hydrogen) atoms. The normalized spacial score (nSPS) is 15.6. The Bertz CT molecular complexity index is 1280. The Kier molecular flexibility index (Phi) is 6.81. The van der Waals surface area contributed by atoms with Crippen LogP contribution in [0.1, 0.15) is 38.2 Å². The second-order valence-corrected chi connectivity index (χ2v) is 10.6. The number of pyridine rings is 1. The maximum absolute atomic E-state index is 13.2. The molecule has 2 aromatic heterocycles. The third-order valence-corrected chi connectivity index (χ3v) is 7.91. The molecular formula is C24H29N3O6S. The third-order valence-electron chi connectivity index (χ3n) is 6.00. The standard InChI is InChI=1S/C24H29N3O6S/c1-16(2)33-18-4-6-19(7-5-18)34(30,31)27-12-9-17(10-13-27)20-14-26(15-22(28)29)24-23(20)21(32-3)8-11-25-24/h4-8,11,14,16-17H,9-10,12-13,15H2,1-3H3,(H,28,29). The van der Waals surface area contributed by atoms with Gasteiger partial charge in [-0.2, -0.15) is 4.31 Å². The molecule has 1 aliphatic rings. The van der Waals surface area contributed by atoms with Gasteiger partial charge in [-0.3, -0.25) is 4.79 Å². The summed E-state index contributed by atoms with van der Waals surface area (Å²) in [5.74, 6) is 0.360. The third kappa shape index (κ3) is 4.74. The van der Waals surface area contributed by atoms with Crippen molar-refractivity contribution in [1.82, 2.24) is 13.9 Å². The summed E-state index contributed by atoms with van der Waals surface area (Å²) in [6, 6.07) is 8.26. The lowest BCUT2D eigenvalue weighted by atomic mass is 9.90. The van der Waals surface area contributed by atoms with Crippen molar-refractivity contribution in [2.45, 2.75) is 50.2 Å². The average molecular weight is 488 g/mol. The van der Waals surface area contributed by atoms with Gasteiger partial charge in [-0.15, -0.1) is 0 Å². The zero-order valence-electron chi connectivity index (χ0n) is 19.5. The van der Waals surface area contributed by atoms with E-state index in [1.165, 1.54) is 4.31 Å². The van der Waals surface area contributed by atoms with Crippen LogP contribution in [-0.2, 0) is 21.4 Å². The van der Waals surface area contributed by atoms with Gasteiger partial charge in [-0.25, -0.2) is 13.4 Å². The summed E-state index contributed by atoms with van der Waals surface area (Å²) in [5, 5.41) is 10.1. The van der Waals surface area contributed by atoms with E-state index < -0.39 is 16.0 Å². The Morgan fingerprint density at radius 1 is 1.18 bits per heavy atom. The number of hydrogen-bond acceptors (Lipinski definition) is 6. The molecule has 1 saturated heterocycles. The summed E-state index contributed by atoms with van der Waals surface area (Å²) in [5.41, 5.74) is 1.49. The molecule has 1 N–H and O–H groups in total. The van der Waals surface area contributed by atoms with E-state index in [0.29, 0.717) is 43.1 Å². The van der Waals surface area contributed by atoms with Gasteiger partial charge in [0.05, 0.1) is 23.5 Å². The minimum atomic E-state index is -3.62. The number of piperidine rings is 1. The lowest BCUT2D eigenvalue weighted by Gasteiger charge is -2.31. The number of hydrogen-bond donors (Lipinski definition) is 1. The minimum absolute atomic E-state index is 0.0109. The topological polar surface area (TPSA) is 111 Å². The van der Waals surface area contributed by atoms with Crippen LogP contribution < -0.4 is 9.47 Å². The first kappa shape index (κ1) is 24.0. The molecule has 1 fully saturated rings. The van der Waals surface area contributed by atoms with Crippen LogP contribution in [0.3, 0.4) is 0 Å². The van der Waals surface area contributed by atoms with E-state index in [-0.39, 0.29) is 23.5 Å². The quantitative estimate of drug-likeness (QED) is 0.518. The number of methoxy groups -OCH3 is 1. The Balaban J connectivity index is 1.55. The summed E-state index contributed by atoms with van der Waals surface area (Å²) in [7, 11) is -2.05. The largest absolute Gasteiger partial charge is 0.496 e. The Hall–Kier alpha value is -3.11. The molecule has 1 aromatic carbocycles. The van der Waals surface area contributed by atoms with E-state index in [2.05, 4.69) is 4.98 Å². The molecule has 182 valence electrons. The lowest BCUT2D eigenvalue weighted by molar-refractivity contribution is -0.137. The van der Waals surface area contributed by atoms with Crippen LogP contribution in [0.15, 0.2) is 47.6 Å². The summed E-state index contributed by atoms with van der Waals surface area (Å²) < 4.78 is 40.6. The Morgan fingerprint density at radius 2 is 1.85 bits per heavy atom. The number of fused-ring (bicyclic) bond motifs is 1. The number of benzene rings is 1. The summed E-state index contributed by atoms with van der Waals surface area (Å²) in [4.78, 5) is 16.0. The van der Waals surface area contributed by atoms with Crippen LogP contribution in [0.2, 0.25) is 0 Å². The van der Waals surface area contributed by atoms with Gasteiger partial charge in [0.15, 0.2) is 0 Å². The van der Waals surface area contributed by atoms with E-state index in [1.54, 1.807) is 48.2 Å². The van der Waals surface area contributed by atoms with Gasteiger partial charge in [0, 0.05) is 25.5 Å². The monoisotopic (exact) mass is 487 g/mol. The van der Waals surface area contributed by atoms with Gasteiger partial charge >= 0.3 is 5.97 Å². The first-order valence-electron chi connectivity index (χ1n) is 11.2. The number of aliphatic carboxylic acids is 1. The molecule has 0 saturated carbocycles. The molecule has 0 spiro atoms. The van der Waals surface area contributed by atoms with Crippen molar-refractivity contribution >= 4 is 27.0 Å². The lowest BCUT2D eigenvalue weighted by Crippen LogP contribution is -2.37. The van der Waals surface area contributed by atoms with Crippen LogP contribution in [0.4, 0.5) is 0 Å². The zero-order chi connectivity index (χ0) is 24.5. The van der Waals surface area contributed by atoms with Crippen LogP contribution in [0.5, 0.6) is 11.5 Å². The Morgan fingerprint density at radius 3 is 2.44 bits per heavy atom. The number of carboxylic acid groups (broad SMARTS) is 1. The molecule has 0 amide bonds. The van der Waals surface area contributed by atoms with Crippen molar-refractivity contribution < 1.29 is 27.8 Å². The van der Waals surface area contributed by atoms with Gasteiger partial charge in [-0.05, 0) is 68.5 Å². The molecule has 0 radical (unpaired) electrons. The predicted octanol–water partition coefficient (Wildman–Crippen LogP) is 3.49. The minimum Gasteiger partial charge on any atom is -0.496 e. The van der Waals surface area contributed by atoms with Crippen molar-refractivity contribution in [3.63, 3.8) is 0 Å². The number of nitrogens with zero attached hydrogens (tertiary/aromatic N) is 3. The molecule has 1 aliphatic heterocycles. The van der Waals surface area contributed by atoms with Crippen LogP contribution in [0, 0.1) is 0 Å². The van der Waals surface area contributed by atoms with Gasteiger partial charge in [0.25, 0.3) is 0 Å². The number of ether oxygens (including phenoxy) is 2. The number of carbonyl (C=O) groups is 1. The molecule has 0 unspecified atom stereocenters. The molecule has 0 bridgehead atoms. The van der Waals surface area contributed by atoms with Gasteiger partial charge < -0.3 is 19.1 Å². The highest BCUT2D eigenvalue weighted by atomic mass is 32.2. The number of aromatic nitrogens is 2. The number of sulfonamides is 1. The second-order valence-electron chi connectivity index (χ2n) is 8.63. The maximum Gasteiger partial charge on any atom is 0.323 e. The maximum atomic E-state index is 13.2. The number of rotatable bonds is 8. The van der Waals surface area contributed by atoms with Crippen LogP contribution in [-0.4, -0.2) is 59.7 Å². The highest BCUT2D eigenvalue weighted by Crippen LogP contribution is 2.39. The van der Waals surface area contributed by atoms with Crippen LogP contribution in [0.25, 0.3) is 11.0 Å². The first-order chi connectivity index (χ1) is 16.2. The van der Waals surface area contributed by atoms with E-state index in [0.717, 1.165) is 10.9 Å². The smallest absolute Gasteiger partial charge is 0.323 e. The molecular weight excluding hydrogens is 458 g/mol. The highest BCUT2D eigenvalue weighted by molar-refractivity contribution is 7.89. The van der Waals surface area contributed by atoms with Crippen molar-refractivity contribution in [2.24, 2.45) is 0 Å². The molecule has 0 aliphatic carbocycles. The fourth-order valence-corrected chi connectivity index (χ4v) is 5.95. The van der Waals surface area contributed by atoms with Crippen molar-refractivity contribution in [2.75, 3.05) is 20.2 Å². The van der Waals surface area contributed by atoms with E-state index in [9.17, 15) is 18.3 Å². The summed E-state index contributed by atoms with van der Waals surface area (Å²) in [6.45, 7) is 4.36. The zero-order valence-corrected chi connectivity index (χ0v) is 20.3. The average Bonchev–Trinajstić information content (AvgIpc) is 3.17. The van der Waals surface area contributed by atoms with Crippen molar-refractivity contribution in [3.05, 3.63) is 48.3 Å². The second kappa shape index (κ2) is 9.63. The molecule has 3 heterocycles. The van der Waals surface area contributed by atoms with Gasteiger partial charge in [-0.1, -0.05) is 0 Å². The van der Waals surface area contributed by atoms with E-state index in [4.69, 9.17) is 9.47 Å². The fraction of sp³-hybridized carbons (Fsp3) is 0.417. The number of carboxylic acids is 1. The van der Waals surface area contributed by atoms with Crippen molar-refractivity contribution in [3.8, 4) is 11.5 Å². The fourth-order valence-electron chi connectivity index (χ4n) is 4.48. The predicted molar refractivity (Wildman–Crippen MR) is 127 cm³/mol. The van der Waals surface area contributed by atoms with Gasteiger partial charge in [0.1, 0.15) is 23.7 Å². The van der Waals surface area contributed by atoms with E-state index >= 15 is 0 Å². The van der Waals surface area contributed by atoms with E-state index in [1.807, 2.05) is 20.0 Å². The van der Waals surface area contributed by atoms with Crippen LogP contribution >= 0.6 is 0 Å². The molecule has 3 aromatic rings. The first-order valence-corrected chi connectivity index (χ1v) is 12.6. The molecule has 10 heteroatoms. The molecule has 0 atom stereocenters. The Labute approximate surface area is 199 Å². The summed E-state index contributed by atoms with van der Waals surface area (Å²) in [6.07, 6.45) is 4.64. The van der Waals surface area contributed by atoms with Crippen molar-refractivity contribution in [1.29, 1.82) is 0 Å². The highest BCUT2D eigenvalue weighted by Gasteiger charge is 2.32. The molecule has 4 rings (SSSR count). The van der Waals surface area contributed by atoms with Gasteiger partial charge in [0.2, 0.25) is 10.0 Å². The molecule has 9 nitrogen and oxygen atoms in total. The SMILES string of the molecule is COc1ccnc2c1c(C1CCN(S(=O)(=O)c3ccc(OC(C)C)cc3)CC1)cn2CC(=O)O.